The van der Waals surface area contributed by atoms with E-state index in [1.165, 1.54) is 6.20 Å². The monoisotopic (exact) mass is 420 g/mol. The fourth-order valence-corrected chi connectivity index (χ4v) is 3.17. The smallest absolute Gasteiger partial charge is 0.412 e. The SMILES string of the molecule is CC(C(=O)O)c1cnc(C(=O)c2cccc(NC(=O)OC(C)(C)C)c2)c2ccccc12. The number of pyridine rings is 1. The van der Waals surface area contributed by atoms with E-state index in [4.69, 9.17) is 4.74 Å². The van der Waals surface area contributed by atoms with E-state index in [9.17, 15) is 19.5 Å². The summed E-state index contributed by atoms with van der Waals surface area (Å²) in [6, 6.07) is 13.6. The van der Waals surface area contributed by atoms with Crippen molar-refractivity contribution in [1.29, 1.82) is 0 Å². The summed E-state index contributed by atoms with van der Waals surface area (Å²) in [7, 11) is 0. The summed E-state index contributed by atoms with van der Waals surface area (Å²) in [6.07, 6.45) is 0.824. The molecule has 7 nitrogen and oxygen atoms in total. The Kier molecular flexibility index (Phi) is 6.06. The molecule has 0 spiro atoms. The minimum atomic E-state index is -0.966. The number of rotatable bonds is 5. The van der Waals surface area contributed by atoms with Crippen LogP contribution in [-0.4, -0.2) is 33.5 Å². The van der Waals surface area contributed by atoms with Crippen molar-refractivity contribution in [2.45, 2.75) is 39.2 Å². The van der Waals surface area contributed by atoms with Gasteiger partial charge in [0, 0.05) is 22.8 Å². The molecule has 0 radical (unpaired) electrons. The molecule has 2 aromatic carbocycles. The lowest BCUT2D eigenvalue weighted by Crippen LogP contribution is -2.27. The quantitative estimate of drug-likeness (QED) is 0.563. The van der Waals surface area contributed by atoms with Gasteiger partial charge < -0.3 is 9.84 Å². The van der Waals surface area contributed by atoms with Gasteiger partial charge in [-0.1, -0.05) is 36.4 Å². The van der Waals surface area contributed by atoms with Crippen LogP contribution in [0, 0.1) is 0 Å². The van der Waals surface area contributed by atoms with Crippen LogP contribution in [0.1, 0.15) is 55.2 Å². The number of nitrogens with zero attached hydrogens (tertiary/aromatic N) is 1. The van der Waals surface area contributed by atoms with E-state index in [1.807, 2.05) is 0 Å². The standard InChI is InChI=1S/C24H24N2O5/c1-14(22(28)29)19-13-25-20(18-11-6-5-10-17(18)19)21(27)15-8-7-9-16(12-15)26-23(30)31-24(2,3)4/h5-14H,1-4H3,(H,26,30)(H,28,29). The topological polar surface area (TPSA) is 106 Å². The number of hydrogen-bond donors (Lipinski definition) is 2. The van der Waals surface area contributed by atoms with Gasteiger partial charge in [0.05, 0.1) is 5.92 Å². The predicted octanol–water partition coefficient (Wildman–Crippen LogP) is 5.00. The molecule has 0 bridgehead atoms. The lowest BCUT2D eigenvalue weighted by molar-refractivity contribution is -0.138. The second kappa shape index (κ2) is 8.55. The molecular weight excluding hydrogens is 396 g/mol. The predicted molar refractivity (Wildman–Crippen MR) is 118 cm³/mol. The number of aromatic nitrogens is 1. The highest BCUT2D eigenvalue weighted by Gasteiger charge is 2.22. The van der Waals surface area contributed by atoms with Crippen LogP contribution in [0.25, 0.3) is 10.8 Å². The molecule has 0 aliphatic rings. The summed E-state index contributed by atoms with van der Waals surface area (Å²) in [5, 5.41) is 13.2. The highest BCUT2D eigenvalue weighted by atomic mass is 16.6. The Bertz CT molecular complexity index is 1160. The maximum Gasteiger partial charge on any atom is 0.412 e. The first-order chi connectivity index (χ1) is 14.6. The number of ketones is 1. The second-order valence-electron chi connectivity index (χ2n) is 8.20. The molecule has 1 unspecified atom stereocenters. The van der Waals surface area contributed by atoms with Crippen LogP contribution in [0.5, 0.6) is 0 Å². The lowest BCUT2D eigenvalue weighted by atomic mass is 9.94. The van der Waals surface area contributed by atoms with Gasteiger partial charge in [0.15, 0.2) is 0 Å². The Hall–Kier alpha value is -3.74. The van der Waals surface area contributed by atoms with Crippen molar-refractivity contribution in [2.75, 3.05) is 5.32 Å². The maximum absolute atomic E-state index is 13.2. The van der Waals surface area contributed by atoms with E-state index in [2.05, 4.69) is 10.3 Å². The Morgan fingerprint density at radius 1 is 1.03 bits per heavy atom. The summed E-state index contributed by atoms with van der Waals surface area (Å²) < 4.78 is 5.24. The Labute approximate surface area is 180 Å². The van der Waals surface area contributed by atoms with Gasteiger partial charge in [-0.15, -0.1) is 0 Å². The zero-order chi connectivity index (χ0) is 22.8. The third kappa shape index (κ3) is 5.06. The summed E-state index contributed by atoms with van der Waals surface area (Å²) in [4.78, 5) is 41.0. The van der Waals surface area contributed by atoms with Gasteiger partial charge in [-0.05, 0) is 50.8 Å². The van der Waals surface area contributed by atoms with E-state index in [0.717, 1.165) is 0 Å². The summed E-state index contributed by atoms with van der Waals surface area (Å²) in [5.41, 5.74) is 0.868. The highest BCUT2D eigenvalue weighted by molar-refractivity contribution is 6.16. The first kappa shape index (κ1) is 22.0. The van der Waals surface area contributed by atoms with Gasteiger partial charge in [-0.3, -0.25) is 19.9 Å². The fraction of sp³-hybridized carbons (Fsp3) is 0.250. The van der Waals surface area contributed by atoms with Gasteiger partial charge in [0.25, 0.3) is 0 Å². The van der Waals surface area contributed by atoms with Crippen molar-refractivity contribution < 1.29 is 24.2 Å². The van der Waals surface area contributed by atoms with Crippen molar-refractivity contribution in [3.63, 3.8) is 0 Å². The number of fused-ring (bicyclic) bond motifs is 1. The number of aliphatic carboxylic acids is 1. The number of ether oxygens (including phenoxy) is 1. The molecule has 1 amide bonds. The molecule has 3 rings (SSSR count). The van der Waals surface area contributed by atoms with Gasteiger partial charge in [-0.2, -0.15) is 0 Å². The molecule has 160 valence electrons. The van der Waals surface area contributed by atoms with Crippen molar-refractivity contribution >= 4 is 34.3 Å². The van der Waals surface area contributed by atoms with E-state index in [1.54, 1.807) is 76.2 Å². The molecule has 3 aromatic rings. The van der Waals surface area contributed by atoms with E-state index in [-0.39, 0.29) is 11.5 Å². The number of amides is 1. The van der Waals surface area contributed by atoms with Gasteiger partial charge in [0.1, 0.15) is 11.3 Å². The first-order valence-electron chi connectivity index (χ1n) is 9.82. The summed E-state index contributed by atoms with van der Waals surface area (Å²) >= 11 is 0. The zero-order valence-corrected chi connectivity index (χ0v) is 17.8. The molecule has 1 aromatic heterocycles. The Morgan fingerprint density at radius 3 is 2.35 bits per heavy atom. The maximum atomic E-state index is 13.2. The normalized spacial score (nSPS) is 12.3. The summed E-state index contributed by atoms with van der Waals surface area (Å²) in [6.45, 7) is 6.87. The van der Waals surface area contributed by atoms with E-state index < -0.39 is 23.6 Å². The molecule has 31 heavy (non-hydrogen) atoms. The third-order valence-electron chi connectivity index (χ3n) is 4.65. The average molecular weight is 420 g/mol. The molecule has 0 saturated heterocycles. The molecule has 0 fully saturated rings. The van der Waals surface area contributed by atoms with Gasteiger partial charge >= 0.3 is 12.1 Å². The van der Waals surface area contributed by atoms with Crippen molar-refractivity contribution in [1.82, 2.24) is 4.98 Å². The number of nitrogens with one attached hydrogen (secondary N) is 1. The molecule has 2 N–H and O–H groups in total. The van der Waals surface area contributed by atoms with Crippen molar-refractivity contribution in [3.8, 4) is 0 Å². The number of benzene rings is 2. The molecule has 0 aliphatic carbocycles. The number of carboxylic acid groups (broad SMARTS) is 1. The first-order valence-corrected chi connectivity index (χ1v) is 9.82. The second-order valence-corrected chi connectivity index (χ2v) is 8.20. The van der Waals surface area contributed by atoms with Crippen LogP contribution in [0.4, 0.5) is 10.5 Å². The third-order valence-corrected chi connectivity index (χ3v) is 4.65. The molecule has 0 saturated carbocycles. The lowest BCUT2D eigenvalue weighted by Gasteiger charge is -2.19. The minimum Gasteiger partial charge on any atom is -0.481 e. The molecule has 1 heterocycles. The van der Waals surface area contributed by atoms with Crippen molar-refractivity contribution in [2.24, 2.45) is 0 Å². The van der Waals surface area contributed by atoms with Crippen LogP contribution < -0.4 is 5.32 Å². The molecular formula is C24H24N2O5. The largest absolute Gasteiger partial charge is 0.481 e. The van der Waals surface area contributed by atoms with E-state index >= 15 is 0 Å². The Morgan fingerprint density at radius 2 is 1.71 bits per heavy atom. The number of anilines is 1. The number of carbonyl (C=O) groups excluding carboxylic acids is 2. The fourth-order valence-electron chi connectivity index (χ4n) is 3.17. The van der Waals surface area contributed by atoms with Crippen LogP contribution in [-0.2, 0) is 9.53 Å². The average Bonchev–Trinajstić information content (AvgIpc) is 2.70. The zero-order valence-electron chi connectivity index (χ0n) is 17.8. The summed E-state index contributed by atoms with van der Waals surface area (Å²) in [5.74, 6) is -2.06. The van der Waals surface area contributed by atoms with Gasteiger partial charge in [-0.25, -0.2) is 4.79 Å². The van der Waals surface area contributed by atoms with Crippen LogP contribution in [0.15, 0.2) is 54.7 Å². The Balaban J connectivity index is 1.96. The van der Waals surface area contributed by atoms with Crippen LogP contribution in [0.3, 0.4) is 0 Å². The number of carbonyl (C=O) groups is 3. The van der Waals surface area contributed by atoms with E-state index in [0.29, 0.717) is 27.6 Å². The number of hydrogen-bond acceptors (Lipinski definition) is 5. The minimum absolute atomic E-state index is 0.214. The van der Waals surface area contributed by atoms with Gasteiger partial charge in [0.2, 0.25) is 5.78 Å². The van der Waals surface area contributed by atoms with Crippen LogP contribution >= 0.6 is 0 Å². The molecule has 0 aliphatic heterocycles. The molecule has 1 atom stereocenters. The highest BCUT2D eigenvalue weighted by Crippen LogP contribution is 2.28. The van der Waals surface area contributed by atoms with Crippen molar-refractivity contribution in [3.05, 3.63) is 71.5 Å². The molecule has 7 heteroatoms. The number of carboxylic acids is 1. The van der Waals surface area contributed by atoms with Crippen LogP contribution in [0.2, 0.25) is 0 Å².